The summed E-state index contributed by atoms with van der Waals surface area (Å²) in [4.78, 5) is 29.1. The Morgan fingerprint density at radius 3 is 2.68 bits per heavy atom. The molecule has 2 aliphatic rings. The van der Waals surface area contributed by atoms with Gasteiger partial charge < -0.3 is 14.5 Å². The Hall–Kier alpha value is -2.47. The first-order valence-electron chi connectivity index (χ1n) is 11.9. The van der Waals surface area contributed by atoms with E-state index in [9.17, 15) is 18.0 Å². The van der Waals surface area contributed by atoms with Crippen LogP contribution < -0.4 is 9.62 Å². The van der Waals surface area contributed by atoms with E-state index in [2.05, 4.69) is 4.72 Å². The van der Waals surface area contributed by atoms with Crippen molar-refractivity contribution in [1.82, 2.24) is 9.62 Å². The lowest BCUT2D eigenvalue weighted by atomic mass is 10.0. The smallest absolute Gasteiger partial charge is 0.410 e. The van der Waals surface area contributed by atoms with E-state index in [-0.39, 0.29) is 25.2 Å². The minimum absolute atomic E-state index is 0.111. The van der Waals surface area contributed by atoms with Gasteiger partial charge in [0.25, 0.3) is 0 Å². The van der Waals surface area contributed by atoms with E-state index in [0.717, 1.165) is 5.41 Å². The number of thiophene rings is 1. The van der Waals surface area contributed by atoms with Crippen LogP contribution >= 0.6 is 22.9 Å². The fourth-order valence-corrected chi connectivity index (χ4v) is 6.40. The zero-order chi connectivity index (χ0) is 27.0. The Kier molecular flexibility index (Phi) is 7.99. The van der Waals surface area contributed by atoms with Gasteiger partial charge in [-0.3, -0.25) is 4.79 Å². The van der Waals surface area contributed by atoms with E-state index in [0.29, 0.717) is 39.7 Å². The summed E-state index contributed by atoms with van der Waals surface area (Å²) < 4.78 is 49.1. The van der Waals surface area contributed by atoms with Crippen LogP contribution in [-0.4, -0.2) is 50.1 Å². The lowest BCUT2D eigenvalue weighted by Gasteiger charge is -2.26. The summed E-state index contributed by atoms with van der Waals surface area (Å²) in [6.45, 7) is 6.18. The van der Waals surface area contributed by atoms with Crippen LogP contribution in [0.2, 0.25) is 4.34 Å². The van der Waals surface area contributed by atoms with Gasteiger partial charge in [-0.25, -0.2) is 17.6 Å². The Balaban J connectivity index is 1.47. The molecule has 8 nitrogen and oxygen atoms in total. The molecule has 1 atom stereocenters. The van der Waals surface area contributed by atoms with Gasteiger partial charge in [0, 0.05) is 29.9 Å². The van der Waals surface area contributed by atoms with Crippen molar-refractivity contribution in [1.29, 1.82) is 0 Å². The van der Waals surface area contributed by atoms with Gasteiger partial charge in [-0.15, -0.1) is 11.3 Å². The molecule has 1 aromatic carbocycles. The molecular formula is C25H29ClFN3O5S2. The molecule has 0 bridgehead atoms. The molecule has 2 aliphatic heterocycles. The monoisotopic (exact) mass is 569 g/mol. The summed E-state index contributed by atoms with van der Waals surface area (Å²) in [7, 11) is -3.91. The fraction of sp³-hybridized carbons (Fsp3) is 0.440. The van der Waals surface area contributed by atoms with Gasteiger partial charge in [-0.2, -0.15) is 4.72 Å². The van der Waals surface area contributed by atoms with Crippen LogP contribution in [0, 0.1) is 5.82 Å². The highest BCUT2D eigenvalue weighted by Gasteiger charge is 2.37. The zero-order valence-electron chi connectivity index (χ0n) is 20.8. The molecule has 0 unspecified atom stereocenters. The van der Waals surface area contributed by atoms with E-state index in [1.165, 1.54) is 28.4 Å². The van der Waals surface area contributed by atoms with E-state index in [1.807, 2.05) is 0 Å². The first kappa shape index (κ1) is 27.6. The molecule has 1 aromatic heterocycles. The highest BCUT2D eigenvalue weighted by Crippen LogP contribution is 2.32. The van der Waals surface area contributed by atoms with Crippen molar-refractivity contribution in [3.05, 3.63) is 55.8 Å². The highest BCUT2D eigenvalue weighted by atomic mass is 35.5. The lowest BCUT2D eigenvalue weighted by Crippen LogP contribution is -2.41. The third-order valence-corrected chi connectivity index (χ3v) is 8.30. The maximum atomic E-state index is 15.6. The Morgan fingerprint density at radius 2 is 2.00 bits per heavy atom. The van der Waals surface area contributed by atoms with Gasteiger partial charge in [-0.1, -0.05) is 17.7 Å². The predicted octanol–water partition coefficient (Wildman–Crippen LogP) is 4.92. The molecule has 3 heterocycles. The van der Waals surface area contributed by atoms with Gasteiger partial charge in [-0.05, 0) is 75.4 Å². The second-order valence-corrected chi connectivity index (χ2v) is 13.3. The molecule has 2 amide bonds. The zero-order valence-corrected chi connectivity index (χ0v) is 23.2. The lowest BCUT2D eigenvalue weighted by molar-refractivity contribution is -0.118. The number of hydrogen-bond acceptors (Lipinski definition) is 6. The normalized spacial score (nSPS) is 18.8. The molecule has 1 fully saturated rings. The summed E-state index contributed by atoms with van der Waals surface area (Å²) in [6, 6.07) is 5.59. The maximum absolute atomic E-state index is 15.6. The second kappa shape index (κ2) is 10.7. The number of carbonyl (C=O) groups is 2. The number of rotatable bonds is 5. The van der Waals surface area contributed by atoms with Crippen molar-refractivity contribution in [2.45, 2.75) is 58.2 Å². The number of halogens is 2. The number of carbonyl (C=O) groups excluding carboxylic acids is 2. The van der Waals surface area contributed by atoms with Crippen molar-refractivity contribution in [3.63, 3.8) is 0 Å². The number of anilines is 1. The van der Waals surface area contributed by atoms with Crippen LogP contribution in [0.15, 0.2) is 29.7 Å². The number of fused-ring (bicyclic) bond motifs is 1. The van der Waals surface area contributed by atoms with E-state index in [4.69, 9.17) is 16.3 Å². The molecule has 2 aromatic rings. The molecule has 0 radical (unpaired) electrons. The molecule has 1 saturated heterocycles. The van der Waals surface area contributed by atoms with E-state index >= 15 is 4.39 Å². The summed E-state index contributed by atoms with van der Waals surface area (Å²) in [5.41, 5.74) is 0.591. The van der Waals surface area contributed by atoms with Crippen LogP contribution in [0.4, 0.5) is 14.9 Å². The molecule has 37 heavy (non-hydrogen) atoms. The molecule has 0 spiro atoms. The molecule has 12 heteroatoms. The van der Waals surface area contributed by atoms with Crippen LogP contribution in [0.25, 0.3) is 6.08 Å². The van der Waals surface area contributed by atoms with Crippen LogP contribution in [-0.2, 0) is 32.5 Å². The summed E-state index contributed by atoms with van der Waals surface area (Å²) in [5.74, 6) is -1.03. The summed E-state index contributed by atoms with van der Waals surface area (Å²) in [5, 5.41) is 0.991. The van der Waals surface area contributed by atoms with E-state index in [1.54, 1.807) is 43.9 Å². The van der Waals surface area contributed by atoms with Crippen molar-refractivity contribution in [3.8, 4) is 0 Å². The van der Waals surface area contributed by atoms with Crippen molar-refractivity contribution < 1.29 is 27.1 Å². The molecule has 200 valence electrons. The molecular weight excluding hydrogens is 541 g/mol. The molecule has 0 saturated carbocycles. The standard InChI is InChI=1S/C25H29ClFN3O5S2/c1-25(2,3)35-24(32)29-12-4-5-18-16(15-29)6-8-20(22(18)27)30-13-10-19(23(30)31)28-37(33,34)14-11-17-7-9-21(26)36-17/h6-9,11,14,19,28H,4-5,10,12-13,15H2,1-3H3/b14-11+/t19-/m0/s1. The number of hydrogen-bond donors (Lipinski definition) is 1. The highest BCUT2D eigenvalue weighted by molar-refractivity contribution is 7.92. The average Bonchev–Trinajstić information content (AvgIpc) is 3.28. The second-order valence-electron chi connectivity index (χ2n) is 9.98. The fourth-order valence-electron chi connectivity index (χ4n) is 4.33. The number of ether oxygens (including phenoxy) is 1. The Labute approximate surface area is 225 Å². The predicted molar refractivity (Wildman–Crippen MR) is 143 cm³/mol. The average molecular weight is 570 g/mol. The number of benzene rings is 1. The summed E-state index contributed by atoms with van der Waals surface area (Å²) >= 11 is 7.10. The SMILES string of the molecule is CC(C)(C)OC(=O)N1CCCc2c(ccc(N3CC[C@H](NS(=O)(=O)/C=C/c4ccc(Cl)s4)C3=O)c2F)C1. The van der Waals surface area contributed by atoms with Crippen molar-refractivity contribution in [2.24, 2.45) is 0 Å². The molecule has 0 aliphatic carbocycles. The van der Waals surface area contributed by atoms with Gasteiger partial charge >= 0.3 is 6.09 Å². The third kappa shape index (κ3) is 6.70. The Morgan fingerprint density at radius 1 is 1.24 bits per heavy atom. The number of sulfonamides is 1. The minimum Gasteiger partial charge on any atom is -0.444 e. The third-order valence-electron chi connectivity index (χ3n) is 6.00. The van der Waals surface area contributed by atoms with Gasteiger partial charge in [0.1, 0.15) is 17.5 Å². The molecule has 4 rings (SSSR count). The maximum Gasteiger partial charge on any atom is 0.410 e. The van der Waals surface area contributed by atoms with Crippen LogP contribution in [0.3, 0.4) is 0 Å². The molecule has 1 N–H and O–H groups in total. The van der Waals surface area contributed by atoms with Crippen molar-refractivity contribution >= 4 is 56.7 Å². The quantitative estimate of drug-likeness (QED) is 0.551. The van der Waals surface area contributed by atoms with Crippen molar-refractivity contribution in [2.75, 3.05) is 18.0 Å². The van der Waals surface area contributed by atoms with Gasteiger partial charge in [0.15, 0.2) is 0 Å². The van der Waals surface area contributed by atoms with E-state index < -0.39 is 39.5 Å². The minimum atomic E-state index is -3.91. The number of amides is 2. The first-order valence-corrected chi connectivity index (χ1v) is 14.6. The van der Waals surface area contributed by atoms with Crippen LogP contribution in [0.5, 0.6) is 0 Å². The van der Waals surface area contributed by atoms with Gasteiger partial charge in [0.05, 0.1) is 10.0 Å². The van der Waals surface area contributed by atoms with Gasteiger partial charge in [0.2, 0.25) is 15.9 Å². The van der Waals surface area contributed by atoms with Crippen LogP contribution in [0.1, 0.15) is 49.6 Å². The topological polar surface area (TPSA) is 96.0 Å². The summed E-state index contributed by atoms with van der Waals surface area (Å²) in [6.07, 6.45) is 2.11. The first-order chi connectivity index (χ1) is 17.3. The Bertz CT molecular complexity index is 1340. The number of nitrogens with zero attached hydrogens (tertiary/aromatic N) is 2. The largest absolute Gasteiger partial charge is 0.444 e. The number of nitrogens with one attached hydrogen (secondary N) is 1.